The van der Waals surface area contributed by atoms with E-state index in [1.165, 1.54) is 18.4 Å². The number of amides is 2. The van der Waals surface area contributed by atoms with E-state index in [0.717, 1.165) is 0 Å². The summed E-state index contributed by atoms with van der Waals surface area (Å²) >= 11 is 1.37. The van der Waals surface area contributed by atoms with Gasteiger partial charge in [-0.2, -0.15) is 0 Å². The number of carbonyl (C=O) groups is 3. The molecule has 0 aliphatic rings. The predicted molar refractivity (Wildman–Crippen MR) is 93.5 cm³/mol. The number of Topliss-reactive ketones (excluding diaryl/α,β-unsaturated/α-hetero) is 1. The standard InChI is InChI=1S/C17H18N2O4S/c1-23-11-17(22)19-13-5-2-4-12(10-13)18-16(21)8-7-14(20)15-6-3-9-24-15/h2-6,9-10H,7-8,11H2,1H3,(H,18,21)(H,19,22). The van der Waals surface area contributed by atoms with E-state index in [9.17, 15) is 14.4 Å². The van der Waals surface area contributed by atoms with Crippen molar-refractivity contribution in [1.82, 2.24) is 0 Å². The molecule has 2 amide bonds. The van der Waals surface area contributed by atoms with E-state index in [4.69, 9.17) is 4.74 Å². The number of ketones is 1. The first-order chi connectivity index (χ1) is 11.6. The quantitative estimate of drug-likeness (QED) is 0.720. The van der Waals surface area contributed by atoms with Gasteiger partial charge in [-0.15, -0.1) is 11.3 Å². The molecule has 0 unspecified atom stereocenters. The molecule has 7 heteroatoms. The fourth-order valence-corrected chi connectivity index (χ4v) is 2.71. The first kappa shape index (κ1) is 17.8. The molecule has 0 aliphatic carbocycles. The topological polar surface area (TPSA) is 84.5 Å². The molecule has 1 heterocycles. The van der Waals surface area contributed by atoms with Crippen LogP contribution in [-0.4, -0.2) is 31.3 Å². The van der Waals surface area contributed by atoms with Gasteiger partial charge < -0.3 is 15.4 Å². The smallest absolute Gasteiger partial charge is 0.250 e. The van der Waals surface area contributed by atoms with E-state index < -0.39 is 0 Å². The Morgan fingerprint density at radius 1 is 1.00 bits per heavy atom. The molecule has 0 aliphatic heterocycles. The second-order valence-electron chi connectivity index (χ2n) is 5.01. The van der Waals surface area contributed by atoms with Gasteiger partial charge in [0.25, 0.3) is 0 Å². The van der Waals surface area contributed by atoms with Gasteiger partial charge in [-0.1, -0.05) is 12.1 Å². The van der Waals surface area contributed by atoms with E-state index in [2.05, 4.69) is 10.6 Å². The lowest BCUT2D eigenvalue weighted by Crippen LogP contribution is -2.17. The molecular formula is C17H18N2O4S. The van der Waals surface area contributed by atoms with Crippen molar-refractivity contribution in [2.45, 2.75) is 12.8 Å². The maximum atomic E-state index is 12.0. The molecule has 126 valence electrons. The molecule has 0 atom stereocenters. The summed E-state index contributed by atoms with van der Waals surface area (Å²) < 4.78 is 4.74. The summed E-state index contributed by atoms with van der Waals surface area (Å²) in [6, 6.07) is 10.3. The molecule has 24 heavy (non-hydrogen) atoms. The Morgan fingerprint density at radius 3 is 2.33 bits per heavy atom. The van der Waals surface area contributed by atoms with Crippen molar-refractivity contribution in [3.8, 4) is 0 Å². The second kappa shape index (κ2) is 8.95. The van der Waals surface area contributed by atoms with E-state index in [-0.39, 0.29) is 37.0 Å². The summed E-state index contributed by atoms with van der Waals surface area (Å²) in [5.41, 5.74) is 1.11. The van der Waals surface area contributed by atoms with Crippen LogP contribution in [0.3, 0.4) is 0 Å². The van der Waals surface area contributed by atoms with Crippen LogP contribution in [0.2, 0.25) is 0 Å². The number of nitrogens with one attached hydrogen (secondary N) is 2. The van der Waals surface area contributed by atoms with Crippen LogP contribution in [0.5, 0.6) is 0 Å². The SMILES string of the molecule is COCC(=O)Nc1cccc(NC(=O)CCC(=O)c2cccs2)c1. The Morgan fingerprint density at radius 2 is 1.71 bits per heavy atom. The number of benzene rings is 1. The predicted octanol–water partition coefficient (Wildman–Crippen LogP) is 2.93. The third-order valence-electron chi connectivity index (χ3n) is 3.08. The van der Waals surface area contributed by atoms with Crippen LogP contribution in [0.15, 0.2) is 41.8 Å². The molecule has 1 aromatic carbocycles. The van der Waals surface area contributed by atoms with Crippen molar-refractivity contribution in [3.63, 3.8) is 0 Å². The maximum Gasteiger partial charge on any atom is 0.250 e. The average molecular weight is 346 g/mol. The number of rotatable bonds is 8. The highest BCUT2D eigenvalue weighted by Gasteiger charge is 2.10. The average Bonchev–Trinajstić information content (AvgIpc) is 3.07. The third kappa shape index (κ3) is 5.60. The van der Waals surface area contributed by atoms with Gasteiger partial charge in [-0.05, 0) is 29.6 Å². The lowest BCUT2D eigenvalue weighted by atomic mass is 10.2. The van der Waals surface area contributed by atoms with E-state index in [1.54, 1.807) is 36.4 Å². The van der Waals surface area contributed by atoms with Crippen molar-refractivity contribution >= 4 is 40.3 Å². The van der Waals surface area contributed by atoms with Gasteiger partial charge in [0, 0.05) is 31.3 Å². The Hall–Kier alpha value is -2.51. The first-order valence-electron chi connectivity index (χ1n) is 7.34. The van der Waals surface area contributed by atoms with Crippen LogP contribution in [0.1, 0.15) is 22.5 Å². The molecule has 0 spiro atoms. The lowest BCUT2D eigenvalue weighted by Gasteiger charge is -2.08. The highest BCUT2D eigenvalue weighted by atomic mass is 32.1. The number of anilines is 2. The van der Waals surface area contributed by atoms with Crippen LogP contribution < -0.4 is 10.6 Å². The molecule has 1 aromatic heterocycles. The Kier molecular flexibility index (Phi) is 6.65. The first-order valence-corrected chi connectivity index (χ1v) is 8.22. The van der Waals surface area contributed by atoms with Gasteiger partial charge in [0.15, 0.2) is 5.78 Å². The number of methoxy groups -OCH3 is 1. The molecule has 0 radical (unpaired) electrons. The summed E-state index contributed by atoms with van der Waals surface area (Å²) in [4.78, 5) is 36.0. The van der Waals surface area contributed by atoms with Crippen LogP contribution >= 0.6 is 11.3 Å². The largest absolute Gasteiger partial charge is 0.375 e. The van der Waals surface area contributed by atoms with Crippen molar-refractivity contribution in [3.05, 3.63) is 46.7 Å². The zero-order chi connectivity index (χ0) is 17.4. The minimum absolute atomic E-state index is 0.0403. The number of hydrogen-bond donors (Lipinski definition) is 2. The summed E-state index contributed by atoms with van der Waals surface area (Å²) in [6.45, 7) is -0.0403. The number of thiophene rings is 1. The minimum Gasteiger partial charge on any atom is -0.375 e. The van der Waals surface area contributed by atoms with Gasteiger partial charge in [-0.3, -0.25) is 14.4 Å². The van der Waals surface area contributed by atoms with Crippen molar-refractivity contribution in [1.29, 1.82) is 0 Å². The van der Waals surface area contributed by atoms with Crippen molar-refractivity contribution in [2.75, 3.05) is 24.4 Å². The molecule has 0 saturated carbocycles. The number of hydrogen-bond acceptors (Lipinski definition) is 5. The van der Waals surface area contributed by atoms with E-state index in [1.807, 2.05) is 5.38 Å². The molecule has 0 fully saturated rings. The van der Waals surface area contributed by atoms with E-state index >= 15 is 0 Å². The molecule has 2 rings (SSSR count). The second-order valence-corrected chi connectivity index (χ2v) is 5.96. The maximum absolute atomic E-state index is 12.0. The van der Waals surface area contributed by atoms with Crippen molar-refractivity contribution < 1.29 is 19.1 Å². The number of ether oxygens (including phenoxy) is 1. The highest BCUT2D eigenvalue weighted by Crippen LogP contribution is 2.16. The van der Waals surface area contributed by atoms with Crippen LogP contribution in [0, 0.1) is 0 Å². The summed E-state index contributed by atoms with van der Waals surface area (Å²) in [6.07, 6.45) is 0.271. The number of carbonyl (C=O) groups excluding carboxylic acids is 3. The van der Waals surface area contributed by atoms with Crippen LogP contribution in [-0.2, 0) is 14.3 Å². The molecule has 0 bridgehead atoms. The molecular weight excluding hydrogens is 328 g/mol. The Labute approximate surface area is 143 Å². The lowest BCUT2D eigenvalue weighted by molar-refractivity contribution is -0.119. The van der Waals surface area contributed by atoms with E-state index in [0.29, 0.717) is 16.3 Å². The summed E-state index contributed by atoms with van der Waals surface area (Å²) in [7, 11) is 1.44. The molecule has 0 saturated heterocycles. The van der Waals surface area contributed by atoms with Gasteiger partial charge >= 0.3 is 0 Å². The van der Waals surface area contributed by atoms with Crippen LogP contribution in [0.4, 0.5) is 11.4 Å². The fraction of sp³-hybridized carbons (Fsp3) is 0.235. The van der Waals surface area contributed by atoms with Gasteiger partial charge in [0.05, 0.1) is 4.88 Å². The Balaban J connectivity index is 1.85. The molecule has 2 N–H and O–H groups in total. The molecule has 2 aromatic rings. The minimum atomic E-state index is -0.275. The summed E-state index contributed by atoms with van der Waals surface area (Å²) in [5.74, 6) is -0.566. The van der Waals surface area contributed by atoms with Gasteiger partial charge in [-0.25, -0.2) is 0 Å². The Bertz CT molecular complexity index is 713. The summed E-state index contributed by atoms with van der Waals surface area (Å²) in [5, 5.41) is 7.21. The normalized spacial score (nSPS) is 10.2. The zero-order valence-electron chi connectivity index (χ0n) is 13.2. The monoisotopic (exact) mass is 346 g/mol. The third-order valence-corrected chi connectivity index (χ3v) is 3.99. The van der Waals surface area contributed by atoms with Crippen molar-refractivity contribution in [2.24, 2.45) is 0 Å². The fourth-order valence-electron chi connectivity index (χ4n) is 2.01. The zero-order valence-corrected chi connectivity index (χ0v) is 14.0. The van der Waals surface area contributed by atoms with Gasteiger partial charge in [0.2, 0.25) is 11.8 Å². The van der Waals surface area contributed by atoms with Crippen LogP contribution in [0.25, 0.3) is 0 Å². The molecule has 6 nitrogen and oxygen atoms in total. The highest BCUT2D eigenvalue weighted by molar-refractivity contribution is 7.12. The van der Waals surface area contributed by atoms with Gasteiger partial charge in [0.1, 0.15) is 6.61 Å².